The summed E-state index contributed by atoms with van der Waals surface area (Å²) < 4.78 is 6.81. The van der Waals surface area contributed by atoms with Crippen molar-refractivity contribution in [3.05, 3.63) is 84.4 Å². The highest BCUT2D eigenvalue weighted by atomic mass is 32.1. The molecule has 1 saturated heterocycles. The van der Waals surface area contributed by atoms with Gasteiger partial charge in [0.25, 0.3) is 0 Å². The molecule has 0 amide bonds. The molecule has 0 spiro atoms. The van der Waals surface area contributed by atoms with E-state index >= 15 is 0 Å². The molecule has 0 saturated carbocycles. The van der Waals surface area contributed by atoms with Gasteiger partial charge < -0.3 is 9.64 Å². The van der Waals surface area contributed by atoms with Crippen LogP contribution in [-0.4, -0.2) is 30.1 Å². The second-order valence-electron chi connectivity index (χ2n) is 7.22. The molecule has 5 rings (SSSR count). The summed E-state index contributed by atoms with van der Waals surface area (Å²) in [6.45, 7) is 1.41. The Morgan fingerprint density at radius 3 is 2.38 bits per heavy atom. The standard InChI is InChI=1S/C24H20N2O2S/c27-23(14-17-10-12-19(13-11-17)18-6-2-1-3-7-18)28-20-15-26(16-20)24-25-21-8-4-5-9-22(21)29-24/h1-13,20H,14-16H2. The normalized spacial score (nSPS) is 14.0. The Labute approximate surface area is 173 Å². The first-order valence-electron chi connectivity index (χ1n) is 9.69. The number of benzene rings is 3. The number of carbonyl (C=O) groups excluding carboxylic acids is 1. The van der Waals surface area contributed by atoms with Gasteiger partial charge in [0.2, 0.25) is 0 Å². The highest BCUT2D eigenvalue weighted by Gasteiger charge is 2.32. The molecule has 1 aliphatic rings. The van der Waals surface area contributed by atoms with Crippen LogP contribution in [0.2, 0.25) is 0 Å². The molecule has 5 heteroatoms. The average molecular weight is 401 g/mol. The molecule has 3 aromatic carbocycles. The molecule has 4 aromatic rings. The molecule has 0 bridgehead atoms. The number of para-hydroxylation sites is 1. The van der Waals surface area contributed by atoms with Gasteiger partial charge in [-0.1, -0.05) is 78.1 Å². The van der Waals surface area contributed by atoms with E-state index in [0.29, 0.717) is 19.5 Å². The van der Waals surface area contributed by atoms with Gasteiger partial charge in [0.05, 0.1) is 29.7 Å². The van der Waals surface area contributed by atoms with Gasteiger partial charge in [-0.05, 0) is 28.8 Å². The summed E-state index contributed by atoms with van der Waals surface area (Å²) in [6, 6.07) is 26.4. The first-order chi connectivity index (χ1) is 14.2. The molecular weight excluding hydrogens is 380 g/mol. The topological polar surface area (TPSA) is 42.4 Å². The van der Waals surface area contributed by atoms with E-state index in [1.807, 2.05) is 48.5 Å². The first-order valence-corrected chi connectivity index (χ1v) is 10.5. The summed E-state index contributed by atoms with van der Waals surface area (Å²) in [6.07, 6.45) is 0.241. The maximum Gasteiger partial charge on any atom is 0.310 e. The largest absolute Gasteiger partial charge is 0.458 e. The van der Waals surface area contributed by atoms with Gasteiger partial charge >= 0.3 is 5.97 Å². The van der Waals surface area contributed by atoms with E-state index in [2.05, 4.69) is 40.2 Å². The van der Waals surface area contributed by atoms with E-state index in [0.717, 1.165) is 21.8 Å². The van der Waals surface area contributed by atoms with Gasteiger partial charge in [-0.2, -0.15) is 0 Å². The van der Waals surface area contributed by atoms with Crippen molar-refractivity contribution in [2.45, 2.75) is 12.5 Å². The zero-order valence-corrected chi connectivity index (χ0v) is 16.6. The van der Waals surface area contributed by atoms with Crippen molar-refractivity contribution in [1.29, 1.82) is 0 Å². The number of rotatable bonds is 5. The average Bonchev–Trinajstić information content (AvgIpc) is 3.15. The Hall–Kier alpha value is -3.18. The molecule has 0 N–H and O–H groups in total. The molecule has 2 heterocycles. The molecule has 0 radical (unpaired) electrons. The molecule has 0 atom stereocenters. The van der Waals surface area contributed by atoms with Crippen molar-refractivity contribution >= 4 is 32.7 Å². The Morgan fingerprint density at radius 2 is 1.62 bits per heavy atom. The van der Waals surface area contributed by atoms with Crippen LogP contribution in [0, 0.1) is 0 Å². The van der Waals surface area contributed by atoms with Crippen LogP contribution in [0.5, 0.6) is 0 Å². The predicted molar refractivity (Wildman–Crippen MR) is 117 cm³/mol. The number of nitrogens with zero attached hydrogens (tertiary/aromatic N) is 2. The van der Waals surface area contributed by atoms with Crippen LogP contribution in [-0.2, 0) is 16.0 Å². The Morgan fingerprint density at radius 1 is 0.931 bits per heavy atom. The van der Waals surface area contributed by atoms with Crippen LogP contribution in [0.1, 0.15) is 5.56 Å². The number of hydrogen-bond donors (Lipinski definition) is 0. The fourth-order valence-electron chi connectivity index (χ4n) is 3.50. The highest BCUT2D eigenvalue weighted by Crippen LogP contribution is 2.31. The number of ether oxygens (including phenoxy) is 1. The van der Waals surface area contributed by atoms with Gasteiger partial charge in [-0.15, -0.1) is 0 Å². The second-order valence-corrected chi connectivity index (χ2v) is 8.23. The van der Waals surface area contributed by atoms with E-state index < -0.39 is 0 Å². The van der Waals surface area contributed by atoms with E-state index in [-0.39, 0.29) is 12.1 Å². The van der Waals surface area contributed by atoms with Crippen LogP contribution in [0.25, 0.3) is 21.3 Å². The van der Waals surface area contributed by atoms with E-state index in [1.54, 1.807) is 11.3 Å². The van der Waals surface area contributed by atoms with Gasteiger partial charge in [-0.25, -0.2) is 4.98 Å². The van der Waals surface area contributed by atoms with E-state index in [9.17, 15) is 4.79 Å². The number of hydrogen-bond acceptors (Lipinski definition) is 5. The first kappa shape index (κ1) is 17.9. The zero-order chi connectivity index (χ0) is 19.6. The lowest BCUT2D eigenvalue weighted by Gasteiger charge is -2.38. The molecule has 0 aliphatic carbocycles. The second kappa shape index (κ2) is 7.68. The van der Waals surface area contributed by atoms with Crippen LogP contribution in [0.15, 0.2) is 78.9 Å². The maximum absolute atomic E-state index is 12.3. The van der Waals surface area contributed by atoms with Gasteiger partial charge in [0.1, 0.15) is 6.10 Å². The van der Waals surface area contributed by atoms with Crippen molar-refractivity contribution in [3.63, 3.8) is 0 Å². The van der Waals surface area contributed by atoms with E-state index in [1.165, 1.54) is 10.3 Å². The summed E-state index contributed by atoms with van der Waals surface area (Å²) in [5.41, 5.74) is 4.31. The summed E-state index contributed by atoms with van der Waals surface area (Å²) >= 11 is 1.68. The monoisotopic (exact) mass is 400 g/mol. The van der Waals surface area contributed by atoms with Crippen LogP contribution < -0.4 is 4.90 Å². The molecule has 144 valence electrons. The highest BCUT2D eigenvalue weighted by molar-refractivity contribution is 7.22. The van der Waals surface area contributed by atoms with Crippen molar-refractivity contribution in [1.82, 2.24) is 4.98 Å². The zero-order valence-electron chi connectivity index (χ0n) is 15.8. The van der Waals surface area contributed by atoms with E-state index in [4.69, 9.17) is 4.74 Å². The molecule has 1 aliphatic heterocycles. The minimum absolute atomic E-state index is 0.0573. The summed E-state index contributed by atoms with van der Waals surface area (Å²) in [5, 5.41) is 0.995. The van der Waals surface area contributed by atoms with Crippen molar-refractivity contribution in [3.8, 4) is 11.1 Å². The Kier molecular flexibility index (Phi) is 4.74. The Bertz CT molecular complexity index is 1100. The van der Waals surface area contributed by atoms with Crippen LogP contribution in [0.4, 0.5) is 5.13 Å². The van der Waals surface area contributed by atoms with Crippen LogP contribution >= 0.6 is 11.3 Å². The number of thiazole rings is 1. The molecule has 1 fully saturated rings. The third-order valence-corrected chi connectivity index (χ3v) is 6.21. The number of carbonyl (C=O) groups is 1. The minimum atomic E-state index is -0.175. The predicted octanol–water partition coefficient (Wildman–Crippen LogP) is 4.94. The summed E-state index contributed by atoms with van der Waals surface area (Å²) in [7, 11) is 0. The van der Waals surface area contributed by atoms with Crippen LogP contribution in [0.3, 0.4) is 0 Å². The molecule has 29 heavy (non-hydrogen) atoms. The lowest BCUT2D eigenvalue weighted by atomic mass is 10.0. The smallest absolute Gasteiger partial charge is 0.310 e. The molecule has 4 nitrogen and oxygen atoms in total. The summed E-state index contributed by atoms with van der Waals surface area (Å²) in [4.78, 5) is 19.1. The molecular formula is C24H20N2O2S. The lowest BCUT2D eigenvalue weighted by Crippen LogP contribution is -2.53. The number of esters is 1. The SMILES string of the molecule is O=C(Cc1ccc(-c2ccccc2)cc1)OC1CN(c2nc3ccccc3s2)C1. The molecule has 1 aromatic heterocycles. The quantitative estimate of drug-likeness (QED) is 0.445. The third kappa shape index (κ3) is 3.87. The third-order valence-electron chi connectivity index (χ3n) is 5.11. The van der Waals surface area contributed by atoms with Crippen molar-refractivity contribution in [2.24, 2.45) is 0 Å². The molecule has 0 unspecified atom stereocenters. The van der Waals surface area contributed by atoms with Gasteiger partial charge in [0.15, 0.2) is 5.13 Å². The van der Waals surface area contributed by atoms with Crippen molar-refractivity contribution < 1.29 is 9.53 Å². The maximum atomic E-state index is 12.3. The van der Waals surface area contributed by atoms with Crippen molar-refractivity contribution in [2.75, 3.05) is 18.0 Å². The number of aromatic nitrogens is 1. The Balaban J connectivity index is 1.14. The number of anilines is 1. The van der Waals surface area contributed by atoms with Gasteiger partial charge in [0, 0.05) is 0 Å². The number of fused-ring (bicyclic) bond motifs is 1. The fourth-order valence-corrected chi connectivity index (χ4v) is 4.49. The minimum Gasteiger partial charge on any atom is -0.458 e. The lowest BCUT2D eigenvalue weighted by molar-refractivity contribution is -0.149. The fraction of sp³-hybridized carbons (Fsp3) is 0.167. The summed E-state index contributed by atoms with van der Waals surface area (Å²) in [5.74, 6) is -0.175. The van der Waals surface area contributed by atoms with Gasteiger partial charge in [-0.3, -0.25) is 4.79 Å².